The number of nitrogens with zero attached hydrogens (tertiary/aromatic N) is 1. The second kappa shape index (κ2) is 6.22. The molecule has 0 spiro atoms. The van der Waals surface area contributed by atoms with E-state index in [1.165, 1.54) is 0 Å². The van der Waals surface area contributed by atoms with E-state index in [2.05, 4.69) is 4.98 Å². The Kier molecular flexibility index (Phi) is 4.76. The van der Waals surface area contributed by atoms with Gasteiger partial charge in [0.1, 0.15) is 5.75 Å². The van der Waals surface area contributed by atoms with Crippen LogP contribution in [0.1, 0.15) is 40.6 Å². The Hall–Kier alpha value is -1.30. The van der Waals surface area contributed by atoms with E-state index in [4.69, 9.17) is 33.0 Å². The standard InChI is InChI=1S/C14H13Cl2NO3S/c1-6(2)8-5-10(7(3)4-9(8)15)20-14-17-12(16)11(21-14)13(18)19/h4-6H,1-3H3,(H,18,19). The molecular formula is C14H13Cl2NO3S. The van der Waals surface area contributed by atoms with Gasteiger partial charge in [-0.15, -0.1) is 0 Å². The summed E-state index contributed by atoms with van der Waals surface area (Å²) in [5.74, 6) is -0.289. The SMILES string of the molecule is Cc1cc(Cl)c(C(C)C)cc1Oc1nc(Cl)c(C(=O)O)s1. The molecule has 0 amide bonds. The van der Waals surface area contributed by atoms with Gasteiger partial charge in [-0.05, 0) is 36.1 Å². The van der Waals surface area contributed by atoms with E-state index >= 15 is 0 Å². The van der Waals surface area contributed by atoms with Crippen LogP contribution in [-0.4, -0.2) is 16.1 Å². The van der Waals surface area contributed by atoms with Crippen LogP contribution in [0.4, 0.5) is 0 Å². The maximum Gasteiger partial charge on any atom is 0.349 e. The van der Waals surface area contributed by atoms with E-state index in [1.807, 2.05) is 32.9 Å². The highest BCUT2D eigenvalue weighted by atomic mass is 35.5. The van der Waals surface area contributed by atoms with Gasteiger partial charge < -0.3 is 9.84 Å². The molecule has 0 aliphatic carbocycles. The molecule has 2 aromatic rings. The van der Waals surface area contributed by atoms with Crippen molar-refractivity contribution in [3.8, 4) is 10.9 Å². The monoisotopic (exact) mass is 345 g/mol. The molecule has 4 nitrogen and oxygen atoms in total. The Balaban J connectivity index is 2.37. The molecule has 0 saturated heterocycles. The minimum Gasteiger partial charge on any atom is -0.477 e. The second-order valence-electron chi connectivity index (χ2n) is 4.80. The minimum absolute atomic E-state index is 0.0395. The number of aromatic carboxylic acids is 1. The predicted octanol–water partition coefficient (Wildman–Crippen LogP) is 5.37. The van der Waals surface area contributed by atoms with Crippen molar-refractivity contribution < 1.29 is 14.6 Å². The van der Waals surface area contributed by atoms with Crippen LogP contribution in [0.15, 0.2) is 12.1 Å². The van der Waals surface area contributed by atoms with Crippen LogP contribution in [0.2, 0.25) is 10.2 Å². The van der Waals surface area contributed by atoms with Crippen LogP contribution >= 0.6 is 34.5 Å². The van der Waals surface area contributed by atoms with Crippen molar-refractivity contribution in [2.24, 2.45) is 0 Å². The molecular weight excluding hydrogens is 333 g/mol. The number of halogens is 2. The maximum absolute atomic E-state index is 11.0. The summed E-state index contributed by atoms with van der Waals surface area (Å²) >= 11 is 12.9. The van der Waals surface area contributed by atoms with Crippen molar-refractivity contribution in [2.75, 3.05) is 0 Å². The summed E-state index contributed by atoms with van der Waals surface area (Å²) in [5.41, 5.74) is 1.80. The lowest BCUT2D eigenvalue weighted by Gasteiger charge is -2.13. The number of aromatic nitrogens is 1. The first-order chi connectivity index (χ1) is 9.79. The highest BCUT2D eigenvalue weighted by Gasteiger charge is 2.18. The predicted molar refractivity (Wildman–Crippen MR) is 84.4 cm³/mol. The van der Waals surface area contributed by atoms with Gasteiger partial charge in [0.25, 0.3) is 5.19 Å². The Bertz CT molecular complexity index is 698. The van der Waals surface area contributed by atoms with Crippen LogP contribution in [-0.2, 0) is 0 Å². The summed E-state index contributed by atoms with van der Waals surface area (Å²) in [6, 6.07) is 3.66. The third kappa shape index (κ3) is 3.48. The molecule has 7 heteroatoms. The Morgan fingerprint density at radius 3 is 2.57 bits per heavy atom. The lowest BCUT2D eigenvalue weighted by Crippen LogP contribution is -1.94. The van der Waals surface area contributed by atoms with Gasteiger partial charge in [-0.3, -0.25) is 0 Å². The molecule has 0 saturated carbocycles. The molecule has 0 aliphatic rings. The third-order valence-electron chi connectivity index (χ3n) is 2.87. The van der Waals surface area contributed by atoms with Crippen molar-refractivity contribution in [2.45, 2.75) is 26.7 Å². The van der Waals surface area contributed by atoms with Crippen LogP contribution in [0.5, 0.6) is 10.9 Å². The fourth-order valence-electron chi connectivity index (χ4n) is 1.77. The normalized spacial score (nSPS) is 11.0. The number of rotatable bonds is 4. The van der Waals surface area contributed by atoms with Crippen LogP contribution in [0.3, 0.4) is 0 Å². The second-order valence-corrected chi connectivity index (χ2v) is 6.53. The van der Waals surface area contributed by atoms with Gasteiger partial charge in [-0.2, -0.15) is 4.98 Å². The molecule has 0 aliphatic heterocycles. The van der Waals surface area contributed by atoms with Gasteiger partial charge in [-0.1, -0.05) is 48.4 Å². The molecule has 1 aromatic carbocycles. The number of carboxylic acid groups (broad SMARTS) is 1. The molecule has 112 valence electrons. The topological polar surface area (TPSA) is 59.4 Å². The van der Waals surface area contributed by atoms with Crippen molar-refractivity contribution in [3.05, 3.63) is 38.3 Å². The number of hydrogen-bond donors (Lipinski definition) is 1. The molecule has 1 N–H and O–H groups in total. The molecule has 1 aromatic heterocycles. The number of benzene rings is 1. The van der Waals surface area contributed by atoms with Crippen LogP contribution < -0.4 is 4.74 Å². The average molecular weight is 346 g/mol. The van der Waals surface area contributed by atoms with Crippen molar-refractivity contribution >= 4 is 40.5 Å². The zero-order valence-electron chi connectivity index (χ0n) is 11.6. The third-order valence-corrected chi connectivity index (χ3v) is 4.51. The summed E-state index contributed by atoms with van der Waals surface area (Å²) in [6.07, 6.45) is 0. The molecule has 0 bridgehead atoms. The van der Waals surface area contributed by atoms with Gasteiger partial charge in [0.2, 0.25) is 0 Å². The number of aryl methyl sites for hydroxylation is 1. The van der Waals surface area contributed by atoms with E-state index in [0.29, 0.717) is 10.8 Å². The molecule has 0 fully saturated rings. The quantitative estimate of drug-likeness (QED) is 0.808. The van der Waals surface area contributed by atoms with Crippen LogP contribution in [0, 0.1) is 6.92 Å². The summed E-state index contributed by atoms with van der Waals surface area (Å²) in [5, 5.41) is 9.77. The molecule has 0 radical (unpaired) electrons. The summed E-state index contributed by atoms with van der Waals surface area (Å²) in [6.45, 7) is 5.92. The van der Waals surface area contributed by atoms with E-state index < -0.39 is 5.97 Å². The first kappa shape index (κ1) is 16.1. The van der Waals surface area contributed by atoms with E-state index in [0.717, 1.165) is 22.5 Å². The number of carbonyl (C=O) groups is 1. The summed E-state index contributed by atoms with van der Waals surface area (Å²) in [7, 11) is 0. The van der Waals surface area contributed by atoms with E-state index in [1.54, 1.807) is 0 Å². The van der Waals surface area contributed by atoms with Crippen LogP contribution in [0.25, 0.3) is 0 Å². The fraction of sp³-hybridized carbons (Fsp3) is 0.286. The lowest BCUT2D eigenvalue weighted by molar-refractivity contribution is 0.0702. The Morgan fingerprint density at radius 2 is 2.05 bits per heavy atom. The Labute approximate surface area is 136 Å². The maximum atomic E-state index is 11.0. The summed E-state index contributed by atoms with van der Waals surface area (Å²) < 4.78 is 5.67. The molecule has 1 heterocycles. The van der Waals surface area contributed by atoms with Crippen molar-refractivity contribution in [1.29, 1.82) is 0 Å². The van der Waals surface area contributed by atoms with Gasteiger partial charge in [0.05, 0.1) is 0 Å². The largest absolute Gasteiger partial charge is 0.477 e. The van der Waals surface area contributed by atoms with Crippen molar-refractivity contribution in [3.63, 3.8) is 0 Å². The molecule has 21 heavy (non-hydrogen) atoms. The lowest BCUT2D eigenvalue weighted by atomic mass is 10.0. The van der Waals surface area contributed by atoms with Crippen molar-refractivity contribution in [1.82, 2.24) is 4.98 Å². The van der Waals surface area contributed by atoms with E-state index in [-0.39, 0.29) is 21.1 Å². The van der Waals surface area contributed by atoms with Gasteiger partial charge in [-0.25, -0.2) is 4.79 Å². The highest BCUT2D eigenvalue weighted by Crippen LogP contribution is 2.36. The first-order valence-corrected chi connectivity index (χ1v) is 7.74. The zero-order chi connectivity index (χ0) is 15.7. The number of carboxylic acids is 1. The first-order valence-electron chi connectivity index (χ1n) is 6.17. The number of thiazole rings is 1. The average Bonchev–Trinajstić information content (AvgIpc) is 2.73. The highest BCUT2D eigenvalue weighted by molar-refractivity contribution is 7.15. The van der Waals surface area contributed by atoms with Gasteiger partial charge in [0.15, 0.2) is 10.0 Å². The number of hydrogen-bond acceptors (Lipinski definition) is 4. The number of ether oxygens (including phenoxy) is 1. The molecule has 0 unspecified atom stereocenters. The van der Waals surface area contributed by atoms with Gasteiger partial charge >= 0.3 is 5.97 Å². The van der Waals surface area contributed by atoms with E-state index in [9.17, 15) is 4.79 Å². The minimum atomic E-state index is -1.12. The molecule has 0 atom stereocenters. The Morgan fingerprint density at radius 1 is 1.38 bits per heavy atom. The summed E-state index contributed by atoms with van der Waals surface area (Å²) in [4.78, 5) is 14.8. The smallest absolute Gasteiger partial charge is 0.349 e. The fourth-order valence-corrected chi connectivity index (χ4v) is 3.19. The molecule has 2 rings (SSSR count). The zero-order valence-corrected chi connectivity index (χ0v) is 13.9. The van der Waals surface area contributed by atoms with Gasteiger partial charge in [0, 0.05) is 5.02 Å².